The van der Waals surface area contributed by atoms with Gasteiger partial charge in [-0.1, -0.05) is 19.8 Å². The van der Waals surface area contributed by atoms with Crippen LogP contribution in [0.4, 0.5) is 17.6 Å². The Kier molecular flexibility index (Phi) is 8.21. The highest BCUT2D eigenvalue weighted by Crippen LogP contribution is 2.26. The lowest BCUT2D eigenvalue weighted by Gasteiger charge is -2.08. The van der Waals surface area contributed by atoms with Gasteiger partial charge >= 0.3 is 5.97 Å². The number of unbranched alkanes of at least 4 members (excludes halogenated alkanes) is 2. The molecule has 0 saturated heterocycles. The number of amides is 1. The number of esters is 1. The molecule has 0 spiro atoms. The molecule has 0 aliphatic carbocycles. The largest absolute Gasteiger partial charge is 0.420 e. The Morgan fingerprint density at radius 3 is 2.21 bits per heavy atom. The van der Waals surface area contributed by atoms with Crippen LogP contribution in [-0.4, -0.2) is 18.4 Å². The Morgan fingerprint density at radius 2 is 1.62 bits per heavy atom. The molecule has 1 rings (SSSR count). The molecule has 0 fully saturated rings. The van der Waals surface area contributed by atoms with Crippen LogP contribution in [-0.2, 0) is 9.59 Å². The van der Waals surface area contributed by atoms with Gasteiger partial charge in [-0.15, -0.1) is 0 Å². The summed E-state index contributed by atoms with van der Waals surface area (Å²) in [6.07, 6.45) is 2.67. The maximum atomic E-state index is 13.3. The van der Waals surface area contributed by atoms with Gasteiger partial charge in [0.2, 0.25) is 23.3 Å². The molecule has 134 valence electrons. The van der Waals surface area contributed by atoms with Crippen molar-refractivity contribution >= 4 is 11.9 Å². The summed E-state index contributed by atoms with van der Waals surface area (Å²) >= 11 is 0. The van der Waals surface area contributed by atoms with Crippen molar-refractivity contribution in [3.63, 3.8) is 0 Å². The summed E-state index contributed by atoms with van der Waals surface area (Å²) in [6.45, 7) is 2.57. The first-order valence-corrected chi connectivity index (χ1v) is 7.67. The summed E-state index contributed by atoms with van der Waals surface area (Å²) in [4.78, 5) is 22.9. The Morgan fingerprint density at radius 1 is 1.00 bits per heavy atom. The van der Waals surface area contributed by atoms with Gasteiger partial charge in [0.15, 0.2) is 11.6 Å². The summed E-state index contributed by atoms with van der Waals surface area (Å²) in [7, 11) is 0. The van der Waals surface area contributed by atoms with E-state index in [2.05, 4.69) is 10.1 Å². The first kappa shape index (κ1) is 19.9. The average molecular weight is 349 g/mol. The quantitative estimate of drug-likeness (QED) is 0.244. The van der Waals surface area contributed by atoms with Crippen molar-refractivity contribution in [3.05, 3.63) is 29.3 Å². The third kappa shape index (κ3) is 6.17. The Bertz CT molecular complexity index is 567. The third-order valence-corrected chi connectivity index (χ3v) is 3.17. The second-order valence-corrected chi connectivity index (χ2v) is 5.18. The number of ether oxygens (including phenoxy) is 1. The molecule has 0 unspecified atom stereocenters. The van der Waals surface area contributed by atoms with Gasteiger partial charge in [-0.3, -0.25) is 9.59 Å². The zero-order valence-electron chi connectivity index (χ0n) is 13.3. The first-order chi connectivity index (χ1) is 11.4. The molecule has 1 aromatic rings. The van der Waals surface area contributed by atoms with E-state index in [4.69, 9.17) is 0 Å². The molecule has 4 nitrogen and oxygen atoms in total. The predicted octanol–water partition coefficient (Wildman–Crippen LogP) is 3.63. The normalized spacial score (nSPS) is 10.5. The third-order valence-electron chi connectivity index (χ3n) is 3.17. The number of rotatable bonds is 9. The first-order valence-electron chi connectivity index (χ1n) is 7.67. The number of halogens is 4. The molecular formula is C16H19F4NO3. The lowest BCUT2D eigenvalue weighted by Crippen LogP contribution is -2.24. The second kappa shape index (κ2) is 9.89. The van der Waals surface area contributed by atoms with Crippen LogP contribution >= 0.6 is 0 Å². The molecule has 24 heavy (non-hydrogen) atoms. The van der Waals surface area contributed by atoms with E-state index in [9.17, 15) is 27.2 Å². The minimum atomic E-state index is -1.78. The molecule has 0 atom stereocenters. The van der Waals surface area contributed by atoms with Crippen molar-refractivity contribution in [1.82, 2.24) is 5.32 Å². The fraction of sp³-hybridized carbons (Fsp3) is 0.500. The lowest BCUT2D eigenvalue weighted by molar-refractivity contribution is -0.135. The topological polar surface area (TPSA) is 55.4 Å². The lowest BCUT2D eigenvalue weighted by atomic mass is 10.2. The van der Waals surface area contributed by atoms with Crippen molar-refractivity contribution in [3.8, 4) is 5.75 Å². The van der Waals surface area contributed by atoms with Gasteiger partial charge in [0.25, 0.3) is 0 Å². The number of carbonyl (C=O) groups excluding carboxylic acids is 2. The zero-order chi connectivity index (χ0) is 18.1. The molecule has 0 heterocycles. The minimum Gasteiger partial charge on any atom is -0.420 e. The summed E-state index contributed by atoms with van der Waals surface area (Å²) < 4.78 is 56.9. The highest BCUT2D eigenvalue weighted by molar-refractivity contribution is 5.77. The van der Waals surface area contributed by atoms with Crippen molar-refractivity contribution in [2.45, 2.75) is 45.4 Å². The predicted molar refractivity (Wildman–Crippen MR) is 78.3 cm³/mol. The SMILES string of the molecule is CCCCCNC(=O)CCCC(=O)Oc1c(F)c(F)cc(F)c1F. The molecule has 0 aliphatic rings. The van der Waals surface area contributed by atoms with Crippen molar-refractivity contribution in [2.75, 3.05) is 6.54 Å². The highest BCUT2D eigenvalue weighted by atomic mass is 19.2. The number of hydrogen-bond donors (Lipinski definition) is 1. The molecule has 1 N–H and O–H groups in total. The Labute approximate surface area is 137 Å². The number of carbonyl (C=O) groups is 2. The fourth-order valence-electron chi connectivity index (χ4n) is 1.89. The van der Waals surface area contributed by atoms with E-state index in [0.717, 1.165) is 19.3 Å². The van der Waals surface area contributed by atoms with Gasteiger partial charge in [-0.05, 0) is 12.8 Å². The van der Waals surface area contributed by atoms with Crippen molar-refractivity contribution in [1.29, 1.82) is 0 Å². The van der Waals surface area contributed by atoms with Crippen LogP contribution < -0.4 is 10.1 Å². The molecule has 0 radical (unpaired) electrons. The summed E-state index contributed by atoms with van der Waals surface area (Å²) in [6, 6.07) is 0.0187. The molecule has 8 heteroatoms. The van der Waals surface area contributed by atoms with E-state index in [1.807, 2.05) is 6.92 Å². The molecule has 0 bridgehead atoms. The molecule has 0 aliphatic heterocycles. The fourth-order valence-corrected chi connectivity index (χ4v) is 1.89. The maximum Gasteiger partial charge on any atom is 0.311 e. The Hall–Kier alpha value is -2.12. The van der Waals surface area contributed by atoms with Crippen LogP contribution in [0.3, 0.4) is 0 Å². The van der Waals surface area contributed by atoms with Crippen LogP contribution in [0.1, 0.15) is 45.4 Å². The smallest absolute Gasteiger partial charge is 0.311 e. The van der Waals surface area contributed by atoms with E-state index in [0.29, 0.717) is 6.54 Å². The van der Waals surface area contributed by atoms with Gasteiger partial charge in [0.05, 0.1) is 0 Å². The maximum absolute atomic E-state index is 13.3. The van der Waals surface area contributed by atoms with Crippen molar-refractivity contribution in [2.24, 2.45) is 0 Å². The van der Waals surface area contributed by atoms with E-state index in [1.54, 1.807) is 0 Å². The molecule has 1 aromatic carbocycles. The van der Waals surface area contributed by atoms with Crippen LogP contribution in [0.15, 0.2) is 6.07 Å². The van der Waals surface area contributed by atoms with Crippen LogP contribution in [0, 0.1) is 23.3 Å². The molecular weight excluding hydrogens is 330 g/mol. The van der Waals surface area contributed by atoms with Crippen molar-refractivity contribution < 1.29 is 31.9 Å². The Balaban J connectivity index is 2.41. The number of nitrogens with one attached hydrogen (secondary N) is 1. The van der Waals surface area contributed by atoms with Gasteiger partial charge in [-0.25, -0.2) is 8.78 Å². The second-order valence-electron chi connectivity index (χ2n) is 5.18. The standard InChI is InChI=1S/C16H19F4NO3/c1-2-3-4-8-21-12(22)6-5-7-13(23)24-16-14(19)10(17)9-11(18)15(16)20/h9H,2-8H2,1H3,(H,21,22). The van der Waals surface area contributed by atoms with Gasteiger partial charge in [0.1, 0.15) is 0 Å². The molecule has 1 amide bonds. The average Bonchev–Trinajstić information content (AvgIpc) is 2.54. The van der Waals surface area contributed by atoms with E-state index in [1.165, 1.54) is 0 Å². The van der Waals surface area contributed by atoms with Crippen LogP contribution in [0.25, 0.3) is 0 Å². The van der Waals surface area contributed by atoms with E-state index < -0.39 is 35.0 Å². The van der Waals surface area contributed by atoms with Crippen LogP contribution in [0.2, 0.25) is 0 Å². The minimum absolute atomic E-state index is 0.0187. The molecule has 0 aromatic heterocycles. The van der Waals surface area contributed by atoms with E-state index in [-0.39, 0.29) is 31.2 Å². The number of hydrogen-bond acceptors (Lipinski definition) is 3. The van der Waals surface area contributed by atoms with Gasteiger partial charge in [0, 0.05) is 25.5 Å². The van der Waals surface area contributed by atoms with E-state index >= 15 is 0 Å². The summed E-state index contributed by atoms with van der Waals surface area (Å²) in [5.41, 5.74) is 0. The highest BCUT2D eigenvalue weighted by Gasteiger charge is 2.22. The van der Waals surface area contributed by atoms with Crippen LogP contribution in [0.5, 0.6) is 5.75 Å². The zero-order valence-corrected chi connectivity index (χ0v) is 13.3. The summed E-state index contributed by atoms with van der Waals surface area (Å²) in [5.74, 6) is -9.65. The summed E-state index contributed by atoms with van der Waals surface area (Å²) in [5, 5.41) is 2.66. The monoisotopic (exact) mass is 349 g/mol. The van der Waals surface area contributed by atoms with Gasteiger partial charge in [-0.2, -0.15) is 8.78 Å². The number of benzene rings is 1. The molecule has 0 saturated carbocycles. The van der Waals surface area contributed by atoms with Gasteiger partial charge < -0.3 is 10.1 Å².